The average molecular weight is 596 g/mol. The van der Waals surface area contributed by atoms with E-state index < -0.39 is 52.9 Å². The van der Waals surface area contributed by atoms with Crippen molar-refractivity contribution < 1.29 is 44.3 Å². The van der Waals surface area contributed by atoms with Gasteiger partial charge in [-0.1, -0.05) is 30.4 Å². The maximum Gasteiger partial charge on any atom is 0.416 e. The number of hydrogen-bond donors (Lipinski definition) is 0. The third kappa shape index (κ3) is 6.93. The van der Waals surface area contributed by atoms with Crippen LogP contribution in [0, 0.1) is 0 Å². The predicted molar refractivity (Wildman–Crippen MR) is 128 cm³/mol. The van der Waals surface area contributed by atoms with Crippen molar-refractivity contribution in [1.82, 2.24) is 20.2 Å². The highest BCUT2D eigenvalue weighted by atomic mass is 19.4. The first-order valence-corrected chi connectivity index (χ1v) is 12.5. The van der Waals surface area contributed by atoms with E-state index in [2.05, 4.69) is 15.4 Å². The van der Waals surface area contributed by atoms with E-state index in [1.54, 1.807) is 0 Å². The number of nitrogens with zero attached hydrogens (tertiary/aromatic N) is 5. The van der Waals surface area contributed by atoms with Crippen LogP contribution in [-0.4, -0.2) is 27.3 Å². The molecule has 4 rings (SSSR count). The van der Waals surface area contributed by atoms with Gasteiger partial charge in [0.05, 0.1) is 29.3 Å². The van der Waals surface area contributed by atoms with E-state index in [1.165, 1.54) is 25.1 Å². The van der Waals surface area contributed by atoms with Crippen molar-refractivity contribution in [3.63, 3.8) is 0 Å². The molecule has 0 N–H and O–H groups in total. The van der Waals surface area contributed by atoms with Crippen LogP contribution >= 0.6 is 0 Å². The maximum absolute atomic E-state index is 13.7. The third-order valence-electron chi connectivity index (χ3n) is 7.14. The van der Waals surface area contributed by atoms with Crippen LogP contribution in [0.15, 0.2) is 36.4 Å². The maximum atomic E-state index is 13.7. The second-order valence-electron chi connectivity index (χ2n) is 9.98. The highest BCUT2D eigenvalue weighted by molar-refractivity contribution is 5.43. The molecule has 1 saturated carbocycles. The molecule has 1 aliphatic carbocycles. The molecule has 0 unspecified atom stereocenters. The van der Waals surface area contributed by atoms with Gasteiger partial charge >= 0.3 is 18.5 Å². The molecule has 1 fully saturated rings. The van der Waals surface area contributed by atoms with E-state index >= 15 is 0 Å². The molecule has 0 atom stereocenters. The van der Waals surface area contributed by atoms with Crippen LogP contribution in [0.2, 0.25) is 0 Å². The standard InChI is InChI=1S/C26H26F9N5O/c1-39-37-22(36-38-39)40(14-16-10-19(25(30,31)32)13-20(11-16)26(33,34)35)15-17-12-18(24(27,28)29)6-7-21(17)23(41-2)8-4-3-5-9-23/h6-7,10-13H,3-5,8-9,14-15H2,1-2H3. The molecule has 15 heteroatoms. The van der Waals surface area contributed by atoms with Gasteiger partial charge in [0.25, 0.3) is 5.95 Å². The van der Waals surface area contributed by atoms with Gasteiger partial charge in [-0.05, 0) is 65.1 Å². The molecule has 0 saturated heterocycles. The fraction of sp³-hybridized carbons (Fsp3) is 0.500. The molecular formula is C26H26F9N5O. The zero-order valence-corrected chi connectivity index (χ0v) is 22.0. The number of halogens is 9. The van der Waals surface area contributed by atoms with E-state index in [4.69, 9.17) is 4.74 Å². The first-order valence-electron chi connectivity index (χ1n) is 12.5. The molecular weight excluding hydrogens is 569 g/mol. The van der Waals surface area contributed by atoms with Gasteiger partial charge in [0.15, 0.2) is 0 Å². The number of aromatic nitrogens is 4. The Hall–Kier alpha value is -3.36. The normalized spacial score (nSPS) is 16.2. The average Bonchev–Trinajstić information content (AvgIpc) is 3.33. The van der Waals surface area contributed by atoms with Gasteiger partial charge in [-0.3, -0.25) is 0 Å². The number of benzene rings is 2. The minimum atomic E-state index is -5.08. The summed E-state index contributed by atoms with van der Waals surface area (Å²) in [6, 6.07) is 4.29. The first kappa shape index (κ1) is 30.6. The summed E-state index contributed by atoms with van der Waals surface area (Å²) < 4.78 is 128. The summed E-state index contributed by atoms with van der Waals surface area (Å²) in [6.07, 6.45) is -11.4. The highest BCUT2D eigenvalue weighted by Gasteiger charge is 2.39. The molecule has 0 bridgehead atoms. The van der Waals surface area contributed by atoms with Crippen molar-refractivity contribution >= 4 is 5.95 Å². The smallest absolute Gasteiger partial charge is 0.374 e. The lowest BCUT2D eigenvalue weighted by molar-refractivity contribution is -0.143. The zero-order chi connectivity index (χ0) is 30.2. The Labute approximate surface area is 229 Å². The summed E-state index contributed by atoms with van der Waals surface area (Å²) in [5.74, 6) is -0.197. The lowest BCUT2D eigenvalue weighted by atomic mass is 9.77. The molecule has 6 nitrogen and oxygen atoms in total. The summed E-state index contributed by atoms with van der Waals surface area (Å²) >= 11 is 0. The van der Waals surface area contributed by atoms with Crippen LogP contribution in [0.1, 0.15) is 65.5 Å². The van der Waals surface area contributed by atoms with Crippen LogP contribution in [0.25, 0.3) is 0 Å². The zero-order valence-electron chi connectivity index (χ0n) is 22.0. The minimum Gasteiger partial charge on any atom is -0.374 e. The monoisotopic (exact) mass is 595 g/mol. The molecule has 0 amide bonds. The minimum absolute atomic E-state index is 0.00470. The summed E-state index contributed by atoms with van der Waals surface area (Å²) in [5, 5.41) is 11.5. The Morgan fingerprint density at radius 1 is 0.805 bits per heavy atom. The number of tetrazole rings is 1. The SMILES string of the molecule is COC1(c2ccc(C(F)(F)F)cc2CN(Cc2cc(C(F)(F)F)cc(C(F)(F)F)c2)c2nnn(C)n2)CCCCC1. The molecule has 1 heterocycles. The van der Waals surface area contributed by atoms with Crippen LogP contribution in [0.4, 0.5) is 45.5 Å². The molecule has 1 aliphatic rings. The van der Waals surface area contributed by atoms with Gasteiger partial charge in [-0.15, -0.1) is 5.10 Å². The Morgan fingerprint density at radius 2 is 1.39 bits per heavy atom. The lowest BCUT2D eigenvalue weighted by Gasteiger charge is -2.38. The number of hydrogen-bond acceptors (Lipinski definition) is 5. The highest BCUT2D eigenvalue weighted by Crippen LogP contribution is 2.44. The van der Waals surface area contributed by atoms with Gasteiger partial charge in [0.1, 0.15) is 0 Å². The third-order valence-corrected chi connectivity index (χ3v) is 7.14. The Bertz CT molecular complexity index is 1330. The lowest BCUT2D eigenvalue weighted by Crippen LogP contribution is -2.34. The van der Waals surface area contributed by atoms with Gasteiger partial charge in [0, 0.05) is 20.2 Å². The molecule has 3 aromatic rings. The van der Waals surface area contributed by atoms with Crippen LogP contribution in [0.3, 0.4) is 0 Å². The molecule has 1 aromatic heterocycles. The molecule has 2 aromatic carbocycles. The second-order valence-corrected chi connectivity index (χ2v) is 9.98. The molecule has 0 radical (unpaired) electrons. The fourth-order valence-electron chi connectivity index (χ4n) is 5.19. The Kier molecular flexibility index (Phi) is 8.31. The van der Waals surface area contributed by atoms with Crippen LogP contribution in [0.5, 0.6) is 0 Å². The quantitative estimate of drug-likeness (QED) is 0.269. The van der Waals surface area contributed by atoms with Gasteiger partial charge in [-0.25, -0.2) is 0 Å². The van der Waals surface area contributed by atoms with E-state index in [0.29, 0.717) is 30.5 Å². The Morgan fingerprint density at radius 3 is 1.88 bits per heavy atom. The number of alkyl halides is 9. The summed E-state index contributed by atoms with van der Waals surface area (Å²) in [4.78, 5) is 2.20. The fourth-order valence-corrected chi connectivity index (χ4v) is 5.19. The molecule has 224 valence electrons. The summed E-state index contributed by atoms with van der Waals surface area (Å²) in [6.45, 7) is -0.970. The van der Waals surface area contributed by atoms with Crippen molar-refractivity contribution in [1.29, 1.82) is 0 Å². The molecule has 0 spiro atoms. The van der Waals surface area contributed by atoms with Crippen LogP contribution < -0.4 is 4.90 Å². The van der Waals surface area contributed by atoms with E-state index in [-0.39, 0.29) is 24.1 Å². The second kappa shape index (κ2) is 11.1. The summed E-state index contributed by atoms with van der Waals surface area (Å²) in [7, 11) is 2.84. The van der Waals surface area contributed by atoms with E-state index in [1.807, 2.05) is 0 Å². The van der Waals surface area contributed by atoms with Crippen LogP contribution in [-0.2, 0) is 49.0 Å². The number of rotatable bonds is 7. The number of ether oxygens (including phenoxy) is 1. The Balaban J connectivity index is 1.84. The molecule has 41 heavy (non-hydrogen) atoms. The van der Waals surface area contributed by atoms with Crippen molar-refractivity contribution in [3.05, 3.63) is 69.8 Å². The molecule has 0 aliphatic heterocycles. The van der Waals surface area contributed by atoms with E-state index in [0.717, 1.165) is 36.2 Å². The number of anilines is 1. The largest absolute Gasteiger partial charge is 0.416 e. The van der Waals surface area contributed by atoms with Gasteiger partial charge < -0.3 is 9.64 Å². The van der Waals surface area contributed by atoms with Gasteiger partial charge in [-0.2, -0.15) is 44.3 Å². The number of methoxy groups -OCH3 is 1. The van der Waals surface area contributed by atoms with Crippen molar-refractivity contribution in [2.24, 2.45) is 7.05 Å². The van der Waals surface area contributed by atoms with Crippen molar-refractivity contribution in [3.8, 4) is 0 Å². The predicted octanol–water partition coefficient (Wildman–Crippen LogP) is 7.28. The van der Waals surface area contributed by atoms with E-state index in [9.17, 15) is 39.5 Å². The summed E-state index contributed by atoms with van der Waals surface area (Å²) in [5.41, 5.74) is -4.75. The number of aryl methyl sites for hydroxylation is 1. The van der Waals surface area contributed by atoms with Crippen molar-refractivity contribution in [2.75, 3.05) is 12.0 Å². The first-order chi connectivity index (χ1) is 19.0. The van der Waals surface area contributed by atoms with Gasteiger partial charge in [0.2, 0.25) is 0 Å². The van der Waals surface area contributed by atoms with Crippen molar-refractivity contribution in [2.45, 2.75) is 69.3 Å². The topological polar surface area (TPSA) is 56.1 Å².